The van der Waals surface area contributed by atoms with Gasteiger partial charge in [0.05, 0.1) is 0 Å². The van der Waals surface area contributed by atoms with E-state index in [1.165, 1.54) is 32.1 Å². The third kappa shape index (κ3) is 7.84. The molecule has 0 amide bonds. The van der Waals surface area contributed by atoms with Crippen LogP contribution in [-0.4, -0.2) is 11.1 Å². The normalized spacial score (nSPS) is 11.7. The third-order valence-electron chi connectivity index (χ3n) is 2.35. The average molecular weight is 198 g/mol. The maximum Gasteiger partial charge on any atom is 0.330 e. The van der Waals surface area contributed by atoms with Crippen LogP contribution in [0.15, 0.2) is 11.6 Å². The Bertz CT molecular complexity index is 183. The lowest BCUT2D eigenvalue weighted by atomic mass is 10.1. The molecule has 2 nitrogen and oxygen atoms in total. The topological polar surface area (TPSA) is 37.3 Å². The number of carboxylic acids is 1. The predicted molar refractivity (Wildman–Crippen MR) is 59.4 cm³/mol. The second-order valence-electron chi connectivity index (χ2n) is 3.75. The van der Waals surface area contributed by atoms with Gasteiger partial charge in [-0.05, 0) is 19.8 Å². The van der Waals surface area contributed by atoms with Crippen molar-refractivity contribution in [3.8, 4) is 0 Å². The number of carboxylic acid groups (broad SMARTS) is 1. The van der Waals surface area contributed by atoms with Crippen LogP contribution in [0.5, 0.6) is 0 Å². The van der Waals surface area contributed by atoms with E-state index < -0.39 is 5.97 Å². The summed E-state index contributed by atoms with van der Waals surface area (Å²) in [5.74, 6) is -0.795. The molecule has 0 aliphatic carbocycles. The van der Waals surface area contributed by atoms with Crippen molar-refractivity contribution < 1.29 is 9.90 Å². The van der Waals surface area contributed by atoms with E-state index >= 15 is 0 Å². The molecule has 0 heterocycles. The van der Waals surface area contributed by atoms with E-state index in [4.69, 9.17) is 5.11 Å². The summed E-state index contributed by atoms with van der Waals surface area (Å²) in [7, 11) is 0. The monoisotopic (exact) mass is 198 g/mol. The van der Waals surface area contributed by atoms with Gasteiger partial charge in [0.2, 0.25) is 0 Å². The number of unbranched alkanes of at least 4 members (excludes halogenated alkanes) is 6. The summed E-state index contributed by atoms with van der Waals surface area (Å²) >= 11 is 0. The molecule has 0 fully saturated rings. The quantitative estimate of drug-likeness (QED) is 0.476. The first kappa shape index (κ1) is 13.2. The van der Waals surface area contributed by atoms with Crippen molar-refractivity contribution in [2.75, 3.05) is 0 Å². The molecule has 82 valence electrons. The second kappa shape index (κ2) is 8.79. The van der Waals surface area contributed by atoms with Gasteiger partial charge in [0.25, 0.3) is 0 Å². The molecule has 0 bridgehead atoms. The molecule has 0 aromatic heterocycles. The first-order chi connectivity index (χ1) is 6.68. The van der Waals surface area contributed by atoms with E-state index in [0.29, 0.717) is 5.57 Å². The number of hydrogen-bond acceptors (Lipinski definition) is 1. The Labute approximate surface area is 87.0 Å². The maximum atomic E-state index is 10.4. The Morgan fingerprint density at radius 3 is 2.29 bits per heavy atom. The van der Waals surface area contributed by atoms with E-state index in [1.807, 2.05) is 6.08 Å². The van der Waals surface area contributed by atoms with Gasteiger partial charge in [-0.1, -0.05) is 45.1 Å². The largest absolute Gasteiger partial charge is 0.478 e. The van der Waals surface area contributed by atoms with Gasteiger partial charge >= 0.3 is 5.97 Å². The van der Waals surface area contributed by atoms with Gasteiger partial charge in [0, 0.05) is 5.57 Å². The minimum atomic E-state index is -0.795. The Morgan fingerprint density at radius 2 is 1.71 bits per heavy atom. The molecule has 0 atom stereocenters. The minimum absolute atomic E-state index is 0.471. The maximum absolute atomic E-state index is 10.4. The van der Waals surface area contributed by atoms with Crippen molar-refractivity contribution in [1.29, 1.82) is 0 Å². The summed E-state index contributed by atoms with van der Waals surface area (Å²) in [5.41, 5.74) is 0.471. The lowest BCUT2D eigenvalue weighted by Gasteiger charge is -1.98. The SMILES string of the molecule is CCCCCCCC/C=C(\C)C(=O)O. The van der Waals surface area contributed by atoms with E-state index in [-0.39, 0.29) is 0 Å². The van der Waals surface area contributed by atoms with Crippen LogP contribution in [0.4, 0.5) is 0 Å². The summed E-state index contributed by atoms with van der Waals surface area (Å²) in [4.78, 5) is 10.4. The van der Waals surface area contributed by atoms with Gasteiger partial charge in [-0.25, -0.2) is 4.79 Å². The average Bonchev–Trinajstić information content (AvgIpc) is 2.16. The Hall–Kier alpha value is -0.790. The molecule has 1 N–H and O–H groups in total. The molecule has 0 radical (unpaired) electrons. The molecule has 0 aliphatic heterocycles. The molecule has 0 saturated carbocycles. The number of allylic oxidation sites excluding steroid dienone is 1. The summed E-state index contributed by atoms with van der Waals surface area (Å²) in [6.07, 6.45) is 10.3. The van der Waals surface area contributed by atoms with Crippen LogP contribution in [-0.2, 0) is 4.79 Å². The van der Waals surface area contributed by atoms with Crippen LogP contribution in [0.3, 0.4) is 0 Å². The molecule has 0 aliphatic rings. The van der Waals surface area contributed by atoms with Crippen molar-refractivity contribution in [3.63, 3.8) is 0 Å². The van der Waals surface area contributed by atoms with Crippen LogP contribution in [0.1, 0.15) is 58.8 Å². The highest BCUT2D eigenvalue weighted by Gasteiger charge is 1.97. The van der Waals surface area contributed by atoms with Gasteiger partial charge in [-0.3, -0.25) is 0 Å². The number of aliphatic carboxylic acids is 1. The molecule has 2 heteroatoms. The van der Waals surface area contributed by atoms with Crippen molar-refractivity contribution in [1.82, 2.24) is 0 Å². The lowest BCUT2D eigenvalue weighted by Crippen LogP contribution is -1.95. The van der Waals surface area contributed by atoms with Gasteiger partial charge in [0.1, 0.15) is 0 Å². The molecule has 0 aromatic rings. The smallest absolute Gasteiger partial charge is 0.330 e. The molecule has 0 unspecified atom stereocenters. The Kier molecular flexibility index (Phi) is 8.30. The molecular weight excluding hydrogens is 176 g/mol. The number of hydrogen-bond donors (Lipinski definition) is 1. The van der Waals surface area contributed by atoms with Gasteiger partial charge in [-0.2, -0.15) is 0 Å². The molecule has 0 aromatic carbocycles. The first-order valence-corrected chi connectivity index (χ1v) is 5.58. The van der Waals surface area contributed by atoms with E-state index in [1.54, 1.807) is 6.92 Å². The summed E-state index contributed by atoms with van der Waals surface area (Å²) in [6.45, 7) is 3.86. The predicted octanol–water partition coefficient (Wildman–Crippen LogP) is 3.77. The van der Waals surface area contributed by atoms with Crippen molar-refractivity contribution in [2.24, 2.45) is 0 Å². The highest BCUT2D eigenvalue weighted by molar-refractivity contribution is 5.85. The fourth-order valence-electron chi connectivity index (χ4n) is 1.33. The summed E-state index contributed by atoms with van der Waals surface area (Å²) < 4.78 is 0. The Balaban J connectivity index is 3.29. The summed E-state index contributed by atoms with van der Waals surface area (Å²) in [6, 6.07) is 0. The standard InChI is InChI=1S/C12H22O2/c1-3-4-5-6-7-8-9-10-11(2)12(13)14/h10H,3-9H2,1-2H3,(H,13,14)/b11-10+. The van der Waals surface area contributed by atoms with E-state index in [0.717, 1.165) is 12.8 Å². The molecule has 0 rings (SSSR count). The zero-order valence-corrected chi connectivity index (χ0v) is 9.38. The highest BCUT2D eigenvalue weighted by Crippen LogP contribution is 2.08. The molecule has 0 saturated heterocycles. The summed E-state index contributed by atoms with van der Waals surface area (Å²) in [5, 5.41) is 8.59. The van der Waals surface area contributed by atoms with Gasteiger partial charge in [0.15, 0.2) is 0 Å². The van der Waals surface area contributed by atoms with E-state index in [2.05, 4.69) is 6.92 Å². The zero-order valence-electron chi connectivity index (χ0n) is 9.38. The molecule has 14 heavy (non-hydrogen) atoms. The van der Waals surface area contributed by atoms with Gasteiger partial charge < -0.3 is 5.11 Å². The second-order valence-corrected chi connectivity index (χ2v) is 3.75. The van der Waals surface area contributed by atoms with Crippen molar-refractivity contribution in [2.45, 2.75) is 58.8 Å². The van der Waals surface area contributed by atoms with Crippen molar-refractivity contribution >= 4 is 5.97 Å². The van der Waals surface area contributed by atoms with E-state index in [9.17, 15) is 4.79 Å². The minimum Gasteiger partial charge on any atom is -0.478 e. The third-order valence-corrected chi connectivity index (χ3v) is 2.35. The molecule has 0 spiro atoms. The van der Waals surface area contributed by atoms with Gasteiger partial charge in [-0.15, -0.1) is 0 Å². The number of rotatable bonds is 8. The van der Waals surface area contributed by atoms with Crippen LogP contribution in [0.25, 0.3) is 0 Å². The van der Waals surface area contributed by atoms with Crippen LogP contribution in [0, 0.1) is 0 Å². The van der Waals surface area contributed by atoms with Crippen molar-refractivity contribution in [3.05, 3.63) is 11.6 Å². The molecular formula is C12H22O2. The fraction of sp³-hybridized carbons (Fsp3) is 0.750. The van der Waals surface area contributed by atoms with Crippen LogP contribution in [0.2, 0.25) is 0 Å². The first-order valence-electron chi connectivity index (χ1n) is 5.58. The lowest BCUT2D eigenvalue weighted by molar-refractivity contribution is -0.132. The zero-order chi connectivity index (χ0) is 10.8. The van der Waals surface area contributed by atoms with Crippen LogP contribution < -0.4 is 0 Å². The fourth-order valence-corrected chi connectivity index (χ4v) is 1.33. The Morgan fingerprint density at radius 1 is 1.14 bits per heavy atom. The highest BCUT2D eigenvalue weighted by atomic mass is 16.4. The van der Waals surface area contributed by atoms with Crippen LogP contribution >= 0.6 is 0 Å². The number of carbonyl (C=O) groups is 1.